The molecule has 2 aromatic carbocycles. The molecule has 5 rings (SSSR count). The third-order valence-corrected chi connectivity index (χ3v) is 7.91. The van der Waals surface area contributed by atoms with E-state index < -0.39 is 0 Å². The van der Waals surface area contributed by atoms with Crippen molar-refractivity contribution in [2.75, 3.05) is 18.9 Å². The molecule has 1 aliphatic rings. The topological polar surface area (TPSA) is 84.1 Å². The molecule has 0 atom stereocenters. The molecule has 4 aromatic rings. The Morgan fingerprint density at radius 1 is 1.15 bits per heavy atom. The average molecular weight is 480 g/mol. The quantitative estimate of drug-likeness (QED) is 0.365. The number of rotatable bonds is 8. The summed E-state index contributed by atoms with van der Waals surface area (Å²) in [6.07, 6.45) is 4.34. The van der Waals surface area contributed by atoms with Crippen LogP contribution in [-0.2, 0) is 23.4 Å². The zero-order valence-electron chi connectivity index (χ0n) is 18.2. The number of carbonyl (C=O) groups is 1. The van der Waals surface area contributed by atoms with Gasteiger partial charge in [0, 0.05) is 10.3 Å². The van der Waals surface area contributed by atoms with Gasteiger partial charge in [0.1, 0.15) is 23.0 Å². The number of ether oxygens (including phenoxy) is 1. The minimum atomic E-state index is -0.0588. The SMILES string of the molecule is O=C(CSCc1nc2sc3c(c2c(=O)[nH]1)CCCC3)NCCOc1cccc2ccccc12. The minimum Gasteiger partial charge on any atom is -0.491 e. The normalized spacial score (nSPS) is 13.2. The Kier molecular flexibility index (Phi) is 6.64. The van der Waals surface area contributed by atoms with Crippen molar-refractivity contribution in [1.82, 2.24) is 15.3 Å². The lowest BCUT2D eigenvalue weighted by Gasteiger charge is -2.10. The van der Waals surface area contributed by atoms with Crippen LogP contribution in [0.3, 0.4) is 0 Å². The van der Waals surface area contributed by atoms with Crippen molar-refractivity contribution in [3.05, 3.63) is 69.1 Å². The Balaban J connectivity index is 1.09. The fourth-order valence-electron chi connectivity index (χ4n) is 4.24. The van der Waals surface area contributed by atoms with E-state index in [9.17, 15) is 9.59 Å². The largest absolute Gasteiger partial charge is 0.491 e. The smallest absolute Gasteiger partial charge is 0.259 e. The fourth-order valence-corrected chi connectivity index (χ4v) is 6.24. The number of thiophene rings is 1. The molecule has 33 heavy (non-hydrogen) atoms. The van der Waals surface area contributed by atoms with Crippen LogP contribution in [-0.4, -0.2) is 34.8 Å². The lowest BCUT2D eigenvalue weighted by Crippen LogP contribution is -2.29. The molecule has 0 radical (unpaired) electrons. The van der Waals surface area contributed by atoms with Crippen LogP contribution in [0.2, 0.25) is 0 Å². The number of nitrogens with zero attached hydrogens (tertiary/aromatic N) is 1. The van der Waals surface area contributed by atoms with Gasteiger partial charge in [-0.2, -0.15) is 0 Å². The molecule has 0 unspecified atom stereocenters. The molecule has 2 N–H and O–H groups in total. The van der Waals surface area contributed by atoms with E-state index >= 15 is 0 Å². The first-order chi connectivity index (χ1) is 16.2. The van der Waals surface area contributed by atoms with Gasteiger partial charge in [0.05, 0.1) is 23.4 Å². The van der Waals surface area contributed by atoms with Crippen molar-refractivity contribution >= 4 is 50.0 Å². The van der Waals surface area contributed by atoms with E-state index in [4.69, 9.17) is 4.74 Å². The highest BCUT2D eigenvalue weighted by Gasteiger charge is 2.19. The predicted molar refractivity (Wildman–Crippen MR) is 135 cm³/mol. The van der Waals surface area contributed by atoms with Crippen molar-refractivity contribution in [2.45, 2.75) is 31.4 Å². The number of H-pyrrole nitrogens is 1. The number of hydrogen-bond acceptors (Lipinski definition) is 6. The summed E-state index contributed by atoms with van der Waals surface area (Å²) in [6.45, 7) is 0.837. The molecule has 8 heteroatoms. The summed E-state index contributed by atoms with van der Waals surface area (Å²) >= 11 is 3.09. The molecule has 0 fully saturated rings. The number of fused-ring (bicyclic) bond motifs is 4. The van der Waals surface area contributed by atoms with E-state index in [0.717, 1.165) is 46.0 Å². The first kappa shape index (κ1) is 22.0. The summed E-state index contributed by atoms with van der Waals surface area (Å²) in [5.41, 5.74) is 1.14. The van der Waals surface area contributed by atoms with E-state index in [-0.39, 0.29) is 11.5 Å². The van der Waals surface area contributed by atoms with Gasteiger partial charge in [0.2, 0.25) is 5.91 Å². The molecule has 2 aromatic heterocycles. The summed E-state index contributed by atoms with van der Waals surface area (Å²) in [4.78, 5) is 34.5. The van der Waals surface area contributed by atoms with Crippen molar-refractivity contribution in [2.24, 2.45) is 0 Å². The minimum absolute atomic E-state index is 0.0509. The molecule has 1 aliphatic carbocycles. The maximum absolute atomic E-state index is 12.6. The molecule has 0 bridgehead atoms. The average Bonchev–Trinajstić information content (AvgIpc) is 3.21. The second-order valence-corrected chi connectivity index (χ2v) is 10.1. The van der Waals surface area contributed by atoms with Crippen LogP contribution in [0, 0.1) is 0 Å². The van der Waals surface area contributed by atoms with Crippen LogP contribution in [0.1, 0.15) is 29.1 Å². The number of aromatic nitrogens is 2. The van der Waals surface area contributed by atoms with Crippen LogP contribution in [0.25, 0.3) is 21.0 Å². The summed E-state index contributed by atoms with van der Waals surface area (Å²) in [5, 5.41) is 5.85. The Bertz CT molecular complexity index is 1360. The van der Waals surface area contributed by atoms with E-state index in [0.29, 0.717) is 30.5 Å². The first-order valence-corrected chi connectivity index (χ1v) is 13.1. The summed E-state index contributed by atoms with van der Waals surface area (Å²) in [7, 11) is 0. The summed E-state index contributed by atoms with van der Waals surface area (Å²) < 4.78 is 5.86. The molecule has 0 saturated heterocycles. The van der Waals surface area contributed by atoms with Crippen molar-refractivity contribution in [3.63, 3.8) is 0 Å². The van der Waals surface area contributed by atoms with Gasteiger partial charge in [-0.1, -0.05) is 36.4 Å². The Hall–Kier alpha value is -2.84. The zero-order chi connectivity index (χ0) is 22.6. The summed E-state index contributed by atoms with van der Waals surface area (Å²) in [6, 6.07) is 14.0. The summed E-state index contributed by atoms with van der Waals surface area (Å²) in [5.74, 6) is 2.18. The van der Waals surface area contributed by atoms with Gasteiger partial charge in [-0.05, 0) is 42.7 Å². The molecular formula is C25H25N3O3S2. The molecule has 6 nitrogen and oxygen atoms in total. The Labute approximate surface area is 199 Å². The van der Waals surface area contributed by atoms with Crippen molar-refractivity contribution in [1.29, 1.82) is 0 Å². The van der Waals surface area contributed by atoms with E-state index in [1.54, 1.807) is 11.3 Å². The van der Waals surface area contributed by atoms with Gasteiger partial charge >= 0.3 is 0 Å². The van der Waals surface area contributed by atoms with Crippen molar-refractivity contribution in [3.8, 4) is 5.75 Å². The number of amides is 1. The zero-order valence-corrected chi connectivity index (χ0v) is 19.8. The first-order valence-electron chi connectivity index (χ1n) is 11.2. The van der Waals surface area contributed by atoms with Gasteiger partial charge in [-0.3, -0.25) is 9.59 Å². The molecule has 2 heterocycles. The lowest BCUT2D eigenvalue weighted by atomic mass is 9.97. The lowest BCUT2D eigenvalue weighted by molar-refractivity contribution is -0.118. The highest BCUT2D eigenvalue weighted by molar-refractivity contribution is 7.99. The third-order valence-electron chi connectivity index (χ3n) is 5.78. The maximum Gasteiger partial charge on any atom is 0.259 e. The molecular weight excluding hydrogens is 454 g/mol. The van der Waals surface area contributed by atoms with Crippen LogP contribution < -0.4 is 15.6 Å². The van der Waals surface area contributed by atoms with Crippen LogP contribution in [0.5, 0.6) is 5.75 Å². The van der Waals surface area contributed by atoms with Crippen LogP contribution in [0.4, 0.5) is 0 Å². The molecule has 0 spiro atoms. The van der Waals surface area contributed by atoms with Gasteiger partial charge < -0.3 is 15.0 Å². The highest BCUT2D eigenvalue weighted by atomic mass is 32.2. The number of aromatic amines is 1. The van der Waals surface area contributed by atoms with Crippen molar-refractivity contribution < 1.29 is 9.53 Å². The standard InChI is InChI=1S/C25H25N3O3S2/c29-22(26-12-13-31-19-10-5-7-16-6-1-2-8-17(16)19)15-32-14-21-27-24(30)23-18-9-3-4-11-20(18)33-25(23)28-21/h1-2,5-8,10H,3-4,9,11-15H2,(H,26,29)(H,27,28,30). The number of nitrogens with one attached hydrogen (secondary N) is 2. The van der Waals surface area contributed by atoms with Gasteiger partial charge in [0.15, 0.2) is 0 Å². The number of thioether (sulfide) groups is 1. The van der Waals surface area contributed by atoms with E-state index in [1.165, 1.54) is 28.6 Å². The van der Waals surface area contributed by atoms with E-state index in [1.807, 2.05) is 42.5 Å². The van der Waals surface area contributed by atoms with Gasteiger partial charge in [0.25, 0.3) is 5.56 Å². The number of benzene rings is 2. The number of carbonyl (C=O) groups excluding carboxylic acids is 1. The van der Waals surface area contributed by atoms with Crippen LogP contribution in [0.15, 0.2) is 47.3 Å². The molecule has 0 saturated carbocycles. The Morgan fingerprint density at radius 2 is 2.00 bits per heavy atom. The second-order valence-electron chi connectivity index (χ2n) is 8.07. The fraction of sp³-hybridized carbons (Fsp3) is 0.320. The van der Waals surface area contributed by atoms with Gasteiger partial charge in [-0.15, -0.1) is 23.1 Å². The highest BCUT2D eigenvalue weighted by Crippen LogP contribution is 2.33. The molecule has 0 aliphatic heterocycles. The molecule has 1 amide bonds. The predicted octanol–water partition coefficient (Wildman–Crippen LogP) is 4.45. The maximum atomic E-state index is 12.6. The van der Waals surface area contributed by atoms with Crippen LogP contribution >= 0.6 is 23.1 Å². The molecule has 170 valence electrons. The van der Waals surface area contributed by atoms with E-state index in [2.05, 4.69) is 15.3 Å². The number of hydrogen-bond donors (Lipinski definition) is 2. The Morgan fingerprint density at radius 3 is 2.94 bits per heavy atom. The number of aryl methyl sites for hydroxylation is 2. The second kappa shape index (κ2) is 9.97. The monoisotopic (exact) mass is 479 g/mol. The third kappa shape index (κ3) is 4.91. The van der Waals surface area contributed by atoms with Gasteiger partial charge in [-0.25, -0.2) is 4.98 Å².